The number of carbonyl (C=O) groups is 2. The summed E-state index contributed by atoms with van der Waals surface area (Å²) in [6, 6.07) is 9.92. The molecule has 0 saturated heterocycles. The maximum Gasteiger partial charge on any atom is 0.424 e. The average Bonchev–Trinajstić information content (AvgIpc) is 3.84. The lowest BCUT2D eigenvalue weighted by Crippen LogP contribution is -2.51. The molecular weight excluding hydrogens is 622 g/mol. The van der Waals surface area contributed by atoms with Gasteiger partial charge in [0.2, 0.25) is 11.5 Å². The van der Waals surface area contributed by atoms with E-state index in [9.17, 15) is 32.3 Å². The number of halogens is 4. The molecule has 2 amide bonds. The molecule has 14 heteroatoms. The van der Waals surface area contributed by atoms with Crippen LogP contribution >= 0.6 is 0 Å². The molecular formula is C33H31F4N5O5. The van der Waals surface area contributed by atoms with E-state index in [0.717, 1.165) is 31.0 Å². The molecule has 5 rings (SSSR count). The van der Waals surface area contributed by atoms with Crippen LogP contribution in [0.4, 0.5) is 17.6 Å². The number of primary amides is 1. The molecule has 10 nitrogen and oxygen atoms in total. The van der Waals surface area contributed by atoms with E-state index in [1.54, 1.807) is 32.3 Å². The molecule has 1 atom stereocenters. The van der Waals surface area contributed by atoms with Crippen LogP contribution in [-0.4, -0.2) is 57.3 Å². The summed E-state index contributed by atoms with van der Waals surface area (Å²) >= 11 is 0. The maximum atomic E-state index is 14.7. The summed E-state index contributed by atoms with van der Waals surface area (Å²) in [5.41, 5.74) is 1.78. The lowest BCUT2D eigenvalue weighted by Gasteiger charge is -2.31. The number of pyridine rings is 1. The Morgan fingerprint density at radius 1 is 1.04 bits per heavy atom. The first-order valence-corrected chi connectivity index (χ1v) is 14.7. The van der Waals surface area contributed by atoms with Gasteiger partial charge in [0.25, 0.3) is 5.91 Å². The lowest BCUT2D eigenvalue weighted by atomic mass is 9.93. The van der Waals surface area contributed by atoms with Crippen LogP contribution in [0.25, 0.3) is 22.4 Å². The van der Waals surface area contributed by atoms with Crippen LogP contribution < -0.4 is 20.5 Å². The molecule has 0 aliphatic heterocycles. The summed E-state index contributed by atoms with van der Waals surface area (Å²) < 4.78 is 69.5. The summed E-state index contributed by atoms with van der Waals surface area (Å²) in [4.78, 5) is 37.6. The fraction of sp³-hybridized carbons (Fsp3) is 0.303. The molecule has 2 heterocycles. The van der Waals surface area contributed by atoms with Gasteiger partial charge in [-0.15, -0.1) is 0 Å². The van der Waals surface area contributed by atoms with Gasteiger partial charge < -0.3 is 25.6 Å². The third kappa shape index (κ3) is 7.49. The molecule has 246 valence electrons. The maximum absolute atomic E-state index is 14.7. The Kier molecular flexibility index (Phi) is 9.43. The molecule has 0 bridgehead atoms. The van der Waals surface area contributed by atoms with Crippen molar-refractivity contribution in [2.75, 3.05) is 13.2 Å². The van der Waals surface area contributed by atoms with Crippen molar-refractivity contribution in [1.29, 1.82) is 0 Å². The van der Waals surface area contributed by atoms with Crippen LogP contribution in [0, 0.1) is 12.7 Å². The van der Waals surface area contributed by atoms with Crippen LogP contribution in [0.15, 0.2) is 60.9 Å². The van der Waals surface area contributed by atoms with Gasteiger partial charge in [-0.3, -0.25) is 9.59 Å². The summed E-state index contributed by atoms with van der Waals surface area (Å²) in [6.07, 6.45) is -1.17. The Labute approximate surface area is 267 Å². The molecule has 0 spiro atoms. The van der Waals surface area contributed by atoms with Gasteiger partial charge in [0.1, 0.15) is 28.8 Å². The van der Waals surface area contributed by atoms with E-state index in [1.807, 2.05) is 0 Å². The van der Waals surface area contributed by atoms with E-state index in [4.69, 9.17) is 15.2 Å². The molecule has 2 aromatic heterocycles. The lowest BCUT2D eigenvalue weighted by molar-refractivity contribution is -0.265. The van der Waals surface area contributed by atoms with Crippen LogP contribution in [0.2, 0.25) is 0 Å². The standard InChI is InChI=1S/C33H31F4N5O5/c1-3-46-30-21(14-28(38)43)13-27(42-29(30)19-4-7-23(34)8-5-19)32(45,33(35,36)37)17-41-31(44)20-6-11-25(22-15-39-18(2)40-16-22)26(12-20)47-24-9-10-24/h4-8,11-13,15-16,24,45H,3,9-10,14,17H2,1-2H3,(H2,38,43)(H,41,44)/t32-/m0/s1. The molecule has 47 heavy (non-hydrogen) atoms. The molecule has 1 aliphatic carbocycles. The highest BCUT2D eigenvalue weighted by Crippen LogP contribution is 2.42. The van der Waals surface area contributed by atoms with E-state index in [1.165, 1.54) is 24.3 Å². The Morgan fingerprint density at radius 3 is 2.32 bits per heavy atom. The third-order valence-electron chi connectivity index (χ3n) is 7.37. The number of ether oxygens (including phenoxy) is 2. The molecule has 2 aromatic carbocycles. The number of alkyl halides is 3. The molecule has 1 aliphatic rings. The molecule has 4 N–H and O–H groups in total. The van der Waals surface area contributed by atoms with Crippen molar-refractivity contribution in [1.82, 2.24) is 20.3 Å². The largest absolute Gasteiger partial charge is 0.491 e. The van der Waals surface area contributed by atoms with Gasteiger partial charge in [-0.25, -0.2) is 19.3 Å². The normalized spacial score (nSPS) is 14.3. The predicted octanol–water partition coefficient (Wildman–Crippen LogP) is 4.80. The zero-order valence-electron chi connectivity index (χ0n) is 25.4. The Hall–Kier alpha value is -5.11. The highest BCUT2D eigenvalue weighted by Gasteiger charge is 2.56. The minimum Gasteiger partial charge on any atom is -0.491 e. The summed E-state index contributed by atoms with van der Waals surface area (Å²) in [5, 5.41) is 13.4. The number of rotatable bonds is 12. The number of hydrogen-bond acceptors (Lipinski definition) is 8. The molecule has 1 fully saturated rings. The number of aliphatic hydroxyl groups is 1. The first-order valence-electron chi connectivity index (χ1n) is 14.7. The van der Waals surface area contributed by atoms with Crippen molar-refractivity contribution in [3.8, 4) is 33.9 Å². The fourth-order valence-corrected chi connectivity index (χ4v) is 4.77. The SMILES string of the molecule is CCOc1c(CC(N)=O)cc([C@@](O)(CNC(=O)c2ccc(-c3cnc(C)nc3)c(OC3CC3)c2)C(F)(F)F)nc1-c1ccc(F)cc1. The van der Waals surface area contributed by atoms with Gasteiger partial charge in [0.15, 0.2) is 0 Å². The highest BCUT2D eigenvalue weighted by atomic mass is 19.4. The number of nitrogens with one attached hydrogen (secondary N) is 1. The number of aromatic nitrogens is 3. The predicted molar refractivity (Wildman–Crippen MR) is 162 cm³/mol. The summed E-state index contributed by atoms with van der Waals surface area (Å²) in [5.74, 6) is -1.60. The second kappa shape index (κ2) is 13.3. The van der Waals surface area contributed by atoms with Crippen LogP contribution in [-0.2, 0) is 16.8 Å². The molecule has 0 radical (unpaired) electrons. The van der Waals surface area contributed by atoms with E-state index >= 15 is 0 Å². The minimum absolute atomic E-state index is 0.0250. The van der Waals surface area contributed by atoms with Gasteiger partial charge in [-0.2, -0.15) is 13.2 Å². The van der Waals surface area contributed by atoms with Crippen molar-refractivity contribution in [2.45, 2.75) is 51.0 Å². The van der Waals surface area contributed by atoms with Crippen LogP contribution in [0.5, 0.6) is 11.5 Å². The van der Waals surface area contributed by atoms with E-state index in [0.29, 0.717) is 22.7 Å². The van der Waals surface area contributed by atoms with Gasteiger partial charge >= 0.3 is 6.18 Å². The van der Waals surface area contributed by atoms with Gasteiger partial charge in [-0.05, 0) is 75.2 Å². The highest BCUT2D eigenvalue weighted by molar-refractivity contribution is 5.95. The van der Waals surface area contributed by atoms with Gasteiger partial charge in [0, 0.05) is 40.2 Å². The van der Waals surface area contributed by atoms with Crippen LogP contribution in [0.3, 0.4) is 0 Å². The van der Waals surface area contributed by atoms with Crippen molar-refractivity contribution < 1.29 is 41.7 Å². The Balaban J connectivity index is 1.51. The monoisotopic (exact) mass is 653 g/mol. The average molecular weight is 654 g/mol. The Morgan fingerprint density at radius 2 is 1.72 bits per heavy atom. The van der Waals surface area contributed by atoms with Crippen molar-refractivity contribution >= 4 is 11.8 Å². The quantitative estimate of drug-likeness (QED) is 0.185. The number of benzene rings is 2. The molecule has 4 aromatic rings. The smallest absolute Gasteiger partial charge is 0.424 e. The zero-order valence-corrected chi connectivity index (χ0v) is 25.4. The first-order chi connectivity index (χ1) is 22.3. The number of carbonyl (C=O) groups excluding carboxylic acids is 2. The van der Waals surface area contributed by atoms with E-state index in [2.05, 4.69) is 20.3 Å². The minimum atomic E-state index is -5.36. The third-order valence-corrected chi connectivity index (χ3v) is 7.37. The van der Waals surface area contributed by atoms with Crippen molar-refractivity contribution in [3.63, 3.8) is 0 Å². The zero-order chi connectivity index (χ0) is 33.9. The first kappa shape index (κ1) is 33.3. The second-order valence-corrected chi connectivity index (χ2v) is 11.0. The Bertz CT molecular complexity index is 1780. The molecule has 0 unspecified atom stereocenters. The second-order valence-electron chi connectivity index (χ2n) is 11.0. The van der Waals surface area contributed by atoms with Crippen LogP contribution in [0.1, 0.15) is 47.2 Å². The summed E-state index contributed by atoms with van der Waals surface area (Å²) in [7, 11) is 0. The van der Waals surface area contributed by atoms with Gasteiger partial charge in [0.05, 0.1) is 31.4 Å². The number of hydrogen-bond donors (Lipinski definition) is 3. The van der Waals surface area contributed by atoms with Crippen molar-refractivity contribution in [3.05, 3.63) is 89.4 Å². The number of aryl methyl sites for hydroxylation is 1. The summed E-state index contributed by atoms with van der Waals surface area (Å²) in [6.45, 7) is 2.04. The number of nitrogens with two attached hydrogens (primary N) is 1. The topological polar surface area (TPSA) is 150 Å². The molecule has 1 saturated carbocycles. The van der Waals surface area contributed by atoms with E-state index < -0.39 is 48.1 Å². The number of amides is 2. The number of nitrogens with zero attached hydrogens (tertiary/aromatic N) is 3. The fourth-order valence-electron chi connectivity index (χ4n) is 4.77. The van der Waals surface area contributed by atoms with Crippen molar-refractivity contribution in [2.24, 2.45) is 5.73 Å². The van der Waals surface area contributed by atoms with Gasteiger partial charge in [-0.1, -0.05) is 0 Å². The van der Waals surface area contributed by atoms with E-state index in [-0.39, 0.29) is 40.8 Å².